The van der Waals surface area contributed by atoms with Gasteiger partial charge < -0.3 is 10.7 Å². The van der Waals surface area contributed by atoms with Crippen LogP contribution in [0.25, 0.3) is 0 Å². The molecular formula is C15H22N6. The van der Waals surface area contributed by atoms with Crippen LogP contribution in [0.4, 0.5) is 11.6 Å². The molecule has 6 heteroatoms. The van der Waals surface area contributed by atoms with Gasteiger partial charge in [-0.3, -0.25) is 4.98 Å². The van der Waals surface area contributed by atoms with Gasteiger partial charge in [-0.1, -0.05) is 19.9 Å². The zero-order valence-electron chi connectivity index (χ0n) is 12.9. The van der Waals surface area contributed by atoms with Gasteiger partial charge in [-0.15, -0.1) is 0 Å². The van der Waals surface area contributed by atoms with Gasteiger partial charge >= 0.3 is 0 Å². The summed E-state index contributed by atoms with van der Waals surface area (Å²) in [6.07, 6.45) is 1.78. The molecule has 0 amide bonds. The number of hydrazine groups is 1. The lowest BCUT2D eigenvalue weighted by Crippen LogP contribution is -2.17. The molecule has 112 valence electrons. The van der Waals surface area contributed by atoms with Crippen molar-refractivity contribution in [2.75, 3.05) is 10.7 Å². The first-order chi connectivity index (χ1) is 10.0. The van der Waals surface area contributed by atoms with Crippen molar-refractivity contribution in [2.45, 2.75) is 39.7 Å². The normalized spacial score (nSPS) is 12.3. The number of nitrogens with one attached hydrogen (secondary N) is 2. The zero-order valence-corrected chi connectivity index (χ0v) is 12.9. The summed E-state index contributed by atoms with van der Waals surface area (Å²) >= 11 is 0. The lowest BCUT2D eigenvalue weighted by molar-refractivity contribution is 0.762. The Bertz CT molecular complexity index is 597. The predicted octanol–water partition coefficient (Wildman–Crippen LogP) is 2.76. The second-order valence-corrected chi connectivity index (χ2v) is 5.32. The summed E-state index contributed by atoms with van der Waals surface area (Å²) in [5.41, 5.74) is 4.49. The molecule has 4 N–H and O–H groups in total. The minimum atomic E-state index is 0.0467. The molecule has 2 heterocycles. The van der Waals surface area contributed by atoms with Crippen LogP contribution in [0.1, 0.15) is 49.8 Å². The van der Waals surface area contributed by atoms with Crippen molar-refractivity contribution < 1.29 is 0 Å². The topological polar surface area (TPSA) is 88.8 Å². The van der Waals surface area contributed by atoms with Crippen LogP contribution in [0.2, 0.25) is 0 Å². The van der Waals surface area contributed by atoms with Gasteiger partial charge in [0.2, 0.25) is 0 Å². The molecule has 0 saturated heterocycles. The summed E-state index contributed by atoms with van der Waals surface area (Å²) < 4.78 is 0. The summed E-state index contributed by atoms with van der Waals surface area (Å²) in [5, 5.41) is 3.39. The van der Waals surface area contributed by atoms with Crippen molar-refractivity contribution in [3.05, 3.63) is 41.5 Å². The molecule has 2 rings (SSSR count). The fourth-order valence-electron chi connectivity index (χ4n) is 1.98. The molecule has 0 aliphatic carbocycles. The molecule has 0 radical (unpaired) electrons. The average molecular weight is 286 g/mol. The molecule has 0 saturated carbocycles. The number of nitrogen functional groups attached to an aromatic ring is 1. The van der Waals surface area contributed by atoms with Gasteiger partial charge in [0.15, 0.2) is 0 Å². The molecular weight excluding hydrogens is 264 g/mol. The molecule has 0 fully saturated rings. The Kier molecular flexibility index (Phi) is 4.70. The highest BCUT2D eigenvalue weighted by Gasteiger charge is 2.15. The van der Waals surface area contributed by atoms with Crippen LogP contribution in [-0.2, 0) is 0 Å². The minimum absolute atomic E-state index is 0.0467. The van der Waals surface area contributed by atoms with E-state index in [1.54, 1.807) is 6.20 Å². The first-order valence-electron chi connectivity index (χ1n) is 7.05. The van der Waals surface area contributed by atoms with Crippen LogP contribution >= 0.6 is 0 Å². The first kappa shape index (κ1) is 15.2. The number of aromatic nitrogens is 3. The van der Waals surface area contributed by atoms with Crippen LogP contribution in [0.15, 0.2) is 24.4 Å². The third-order valence-corrected chi connectivity index (χ3v) is 3.30. The Morgan fingerprint density at radius 3 is 2.38 bits per heavy atom. The van der Waals surface area contributed by atoms with Gasteiger partial charge in [0.25, 0.3) is 0 Å². The maximum absolute atomic E-state index is 5.55. The highest BCUT2D eigenvalue weighted by atomic mass is 15.3. The minimum Gasteiger partial charge on any atom is -0.362 e. The van der Waals surface area contributed by atoms with E-state index in [0.717, 1.165) is 22.9 Å². The number of pyridine rings is 1. The highest BCUT2D eigenvalue weighted by Crippen LogP contribution is 2.25. The molecule has 6 nitrogen and oxygen atoms in total. The number of hydrogen-bond donors (Lipinski definition) is 3. The smallest absolute Gasteiger partial charge is 0.148 e. The first-order valence-corrected chi connectivity index (χ1v) is 7.05. The summed E-state index contributed by atoms with van der Waals surface area (Å²) in [5.74, 6) is 7.95. The van der Waals surface area contributed by atoms with E-state index in [-0.39, 0.29) is 12.0 Å². The molecule has 0 aromatic carbocycles. The molecule has 2 aromatic heterocycles. The standard InChI is InChI=1S/C15H22N6/c1-9(2)13-19-14(10(3)15(20-13)21-16)18-11(4)12-7-5-6-8-17-12/h5-9,11H,16H2,1-4H3,(H2,18,19,20,21). The van der Waals surface area contributed by atoms with Gasteiger partial charge in [0.1, 0.15) is 17.5 Å². The lowest BCUT2D eigenvalue weighted by Gasteiger charge is -2.18. The van der Waals surface area contributed by atoms with Crippen LogP contribution in [-0.4, -0.2) is 15.0 Å². The molecule has 0 spiro atoms. The Morgan fingerprint density at radius 1 is 1.10 bits per heavy atom. The van der Waals surface area contributed by atoms with Gasteiger partial charge in [-0.05, 0) is 26.0 Å². The second-order valence-electron chi connectivity index (χ2n) is 5.32. The highest BCUT2D eigenvalue weighted by molar-refractivity contribution is 5.57. The van der Waals surface area contributed by atoms with Crippen LogP contribution < -0.4 is 16.6 Å². The lowest BCUT2D eigenvalue weighted by atomic mass is 10.1. The summed E-state index contributed by atoms with van der Waals surface area (Å²) in [7, 11) is 0. The van der Waals surface area contributed by atoms with Crippen LogP contribution in [0, 0.1) is 6.92 Å². The molecule has 1 atom stereocenters. The molecule has 0 aliphatic heterocycles. The van der Waals surface area contributed by atoms with Gasteiger partial charge in [0, 0.05) is 17.7 Å². The van der Waals surface area contributed by atoms with Crippen molar-refractivity contribution in [2.24, 2.45) is 5.84 Å². The van der Waals surface area contributed by atoms with E-state index < -0.39 is 0 Å². The fourth-order valence-corrected chi connectivity index (χ4v) is 1.98. The van der Waals surface area contributed by atoms with Crippen LogP contribution in [0.5, 0.6) is 0 Å². The number of nitrogens with zero attached hydrogens (tertiary/aromatic N) is 3. The number of anilines is 2. The van der Waals surface area contributed by atoms with Gasteiger partial charge in [-0.25, -0.2) is 15.8 Å². The van der Waals surface area contributed by atoms with E-state index >= 15 is 0 Å². The maximum atomic E-state index is 5.55. The summed E-state index contributed by atoms with van der Waals surface area (Å²) in [6, 6.07) is 5.91. The Balaban J connectivity index is 2.32. The fraction of sp³-hybridized carbons (Fsp3) is 0.400. The average Bonchev–Trinajstić information content (AvgIpc) is 2.49. The van der Waals surface area contributed by atoms with E-state index in [0.29, 0.717) is 5.82 Å². The van der Waals surface area contributed by atoms with E-state index in [9.17, 15) is 0 Å². The largest absolute Gasteiger partial charge is 0.362 e. The van der Waals surface area contributed by atoms with E-state index in [1.807, 2.05) is 25.1 Å². The number of rotatable bonds is 5. The third kappa shape index (κ3) is 3.46. The molecule has 2 aromatic rings. The Morgan fingerprint density at radius 2 is 1.81 bits per heavy atom. The molecule has 1 unspecified atom stereocenters. The third-order valence-electron chi connectivity index (χ3n) is 3.30. The van der Waals surface area contributed by atoms with Crippen molar-refractivity contribution >= 4 is 11.6 Å². The Hall–Kier alpha value is -2.21. The van der Waals surface area contributed by atoms with Gasteiger partial charge in [0.05, 0.1) is 11.7 Å². The maximum Gasteiger partial charge on any atom is 0.148 e. The monoisotopic (exact) mass is 286 g/mol. The molecule has 0 aliphatic rings. The molecule has 0 bridgehead atoms. The molecule has 21 heavy (non-hydrogen) atoms. The number of nitrogens with two attached hydrogens (primary N) is 1. The predicted molar refractivity (Wildman–Crippen MR) is 84.9 cm³/mol. The van der Waals surface area contributed by atoms with E-state index in [4.69, 9.17) is 5.84 Å². The van der Waals surface area contributed by atoms with E-state index in [1.165, 1.54) is 0 Å². The van der Waals surface area contributed by atoms with Crippen LogP contribution in [0.3, 0.4) is 0 Å². The number of hydrogen-bond acceptors (Lipinski definition) is 6. The summed E-state index contributed by atoms with van der Waals surface area (Å²) in [4.78, 5) is 13.4. The second kappa shape index (κ2) is 6.49. The quantitative estimate of drug-likeness (QED) is 0.578. The van der Waals surface area contributed by atoms with Crippen molar-refractivity contribution in [1.82, 2.24) is 15.0 Å². The van der Waals surface area contributed by atoms with Crippen molar-refractivity contribution in [3.8, 4) is 0 Å². The van der Waals surface area contributed by atoms with Crippen molar-refractivity contribution in [3.63, 3.8) is 0 Å². The Labute approximate surface area is 125 Å². The SMILES string of the molecule is Cc1c(NN)nc(C(C)C)nc1NC(C)c1ccccn1. The van der Waals surface area contributed by atoms with E-state index in [2.05, 4.69) is 46.5 Å². The van der Waals surface area contributed by atoms with Crippen molar-refractivity contribution in [1.29, 1.82) is 0 Å². The zero-order chi connectivity index (χ0) is 15.4. The summed E-state index contributed by atoms with van der Waals surface area (Å²) in [6.45, 7) is 8.09. The van der Waals surface area contributed by atoms with Gasteiger partial charge in [-0.2, -0.15) is 0 Å².